The number of nitrogens with two attached hydrogens (primary N) is 1. The van der Waals surface area contributed by atoms with Gasteiger partial charge in [-0.25, -0.2) is 17.9 Å². The Morgan fingerprint density at radius 1 is 1.33 bits per heavy atom. The first-order valence-corrected chi connectivity index (χ1v) is 11.1. The fourth-order valence-electron chi connectivity index (χ4n) is 3.06. The van der Waals surface area contributed by atoms with E-state index in [4.69, 9.17) is 15.2 Å². The van der Waals surface area contributed by atoms with Crippen LogP contribution in [0.3, 0.4) is 0 Å². The molecule has 0 saturated heterocycles. The molecule has 1 atom stereocenters. The Morgan fingerprint density at radius 2 is 2.00 bits per heavy atom. The number of hydrogen-bond donors (Lipinski definition) is 2. The molecule has 0 bridgehead atoms. The normalized spacial score (nSPS) is 16.2. The number of rotatable bonds is 5. The maximum Gasteiger partial charge on any atom is 0.412 e. The molecular weight excluding hydrogens is 464 g/mol. The molecule has 1 unspecified atom stereocenters. The van der Waals surface area contributed by atoms with Crippen molar-refractivity contribution in [2.45, 2.75) is 50.8 Å². The average Bonchev–Trinajstić information content (AvgIpc) is 3.08. The minimum Gasteiger partial charge on any atom is -0.476 e. The molecule has 2 aromatic rings. The quantitative estimate of drug-likeness (QED) is 0.658. The second-order valence-corrected chi connectivity index (χ2v) is 10.0. The second-order valence-electron chi connectivity index (χ2n) is 8.19. The van der Waals surface area contributed by atoms with Gasteiger partial charge in [-0.3, -0.25) is 14.4 Å². The Morgan fingerprint density at radius 3 is 2.55 bits per heavy atom. The first kappa shape index (κ1) is 24.2. The van der Waals surface area contributed by atoms with Crippen LogP contribution in [0.25, 0.3) is 0 Å². The highest BCUT2D eigenvalue weighted by atomic mass is 32.2. The largest absolute Gasteiger partial charge is 0.476 e. The number of amides is 2. The number of alkyl halides is 2. The number of hydrogen-bond acceptors (Lipinski definition) is 7. The SMILES string of the molecule is Cc1nn(C(F)F)cc1S(=O)(=O)N1CC(C(N)=O)Oc2ccc(NC(=O)OC(C)(C)C)cc21. The van der Waals surface area contributed by atoms with Gasteiger partial charge in [-0.15, -0.1) is 0 Å². The van der Waals surface area contributed by atoms with Gasteiger partial charge >= 0.3 is 12.6 Å². The number of aryl methyl sites for hydroxylation is 1. The molecule has 14 heteroatoms. The van der Waals surface area contributed by atoms with E-state index in [1.54, 1.807) is 20.8 Å². The molecule has 0 radical (unpaired) electrons. The molecule has 1 aromatic carbocycles. The van der Waals surface area contributed by atoms with Crippen LogP contribution < -0.4 is 20.1 Å². The zero-order valence-corrected chi connectivity index (χ0v) is 19.0. The lowest BCUT2D eigenvalue weighted by molar-refractivity contribution is -0.124. The number of primary amides is 1. The van der Waals surface area contributed by atoms with E-state index in [-0.39, 0.29) is 27.5 Å². The number of anilines is 2. The third kappa shape index (κ3) is 5.16. The zero-order valence-electron chi connectivity index (χ0n) is 18.2. The van der Waals surface area contributed by atoms with E-state index in [2.05, 4.69) is 10.4 Å². The number of carbonyl (C=O) groups excluding carboxylic acids is 2. The number of halogens is 2. The van der Waals surface area contributed by atoms with E-state index in [1.165, 1.54) is 25.1 Å². The molecule has 1 aromatic heterocycles. The highest BCUT2D eigenvalue weighted by Crippen LogP contribution is 2.39. The van der Waals surface area contributed by atoms with Crippen LogP contribution in [0.5, 0.6) is 5.75 Å². The summed E-state index contributed by atoms with van der Waals surface area (Å²) in [6.07, 6.45) is -1.41. The number of ether oxygens (including phenoxy) is 2. The van der Waals surface area contributed by atoms with E-state index in [1.807, 2.05) is 0 Å². The van der Waals surface area contributed by atoms with Crippen molar-refractivity contribution >= 4 is 33.4 Å². The molecule has 2 amide bonds. The summed E-state index contributed by atoms with van der Waals surface area (Å²) in [4.78, 5) is 23.4. The van der Waals surface area contributed by atoms with E-state index >= 15 is 0 Å². The smallest absolute Gasteiger partial charge is 0.412 e. The summed E-state index contributed by atoms with van der Waals surface area (Å²) in [7, 11) is -4.47. The van der Waals surface area contributed by atoms with Gasteiger partial charge in [0, 0.05) is 5.69 Å². The summed E-state index contributed by atoms with van der Waals surface area (Å²) in [6, 6.07) is 4.05. The molecule has 0 saturated carbocycles. The second kappa shape index (κ2) is 8.50. The van der Waals surface area contributed by atoms with Crippen LogP contribution >= 0.6 is 0 Å². The van der Waals surface area contributed by atoms with Crippen LogP contribution in [0.2, 0.25) is 0 Å². The van der Waals surface area contributed by atoms with Crippen LogP contribution in [0.15, 0.2) is 29.3 Å². The fraction of sp³-hybridized carbons (Fsp3) is 0.421. The van der Waals surface area contributed by atoms with E-state index in [9.17, 15) is 26.8 Å². The average molecular weight is 487 g/mol. The number of nitrogens with one attached hydrogen (secondary N) is 1. The van der Waals surface area contributed by atoms with Gasteiger partial charge in [-0.05, 0) is 45.9 Å². The Bertz CT molecular complexity index is 1190. The lowest BCUT2D eigenvalue weighted by atomic mass is 10.2. The van der Waals surface area contributed by atoms with Crippen LogP contribution in [-0.4, -0.2) is 48.4 Å². The standard InChI is InChI=1S/C19H23F2N5O6S/c1-10-15(9-25(24-10)17(20)21)33(29,30)26-8-14(16(22)27)31-13-6-5-11(7-12(13)26)23-18(28)32-19(2,3)4/h5-7,9,14,17H,8H2,1-4H3,(H2,22,27)(H,23,28). The summed E-state index contributed by atoms with van der Waals surface area (Å²) in [5, 5.41) is 6.02. The van der Waals surface area contributed by atoms with Crippen molar-refractivity contribution in [2.75, 3.05) is 16.2 Å². The third-order valence-corrected chi connectivity index (χ3v) is 6.31. The minimum atomic E-state index is -4.47. The zero-order chi connectivity index (χ0) is 24.7. The van der Waals surface area contributed by atoms with Gasteiger partial charge in [0.05, 0.1) is 24.1 Å². The maximum atomic E-state index is 13.4. The fourth-order valence-corrected chi connectivity index (χ4v) is 4.69. The maximum absolute atomic E-state index is 13.4. The number of nitrogens with zero attached hydrogens (tertiary/aromatic N) is 3. The van der Waals surface area contributed by atoms with Crippen molar-refractivity contribution in [1.29, 1.82) is 0 Å². The molecule has 0 fully saturated rings. The topological polar surface area (TPSA) is 146 Å². The van der Waals surface area contributed by atoms with Crippen LogP contribution in [-0.2, 0) is 19.6 Å². The number of carbonyl (C=O) groups is 2. The molecular formula is C19H23F2N5O6S. The van der Waals surface area contributed by atoms with E-state index in [0.29, 0.717) is 6.20 Å². The van der Waals surface area contributed by atoms with Crippen molar-refractivity contribution in [3.8, 4) is 5.75 Å². The molecule has 11 nitrogen and oxygen atoms in total. The van der Waals surface area contributed by atoms with Gasteiger partial charge < -0.3 is 15.2 Å². The molecule has 0 spiro atoms. The molecule has 1 aliphatic heterocycles. The van der Waals surface area contributed by atoms with Crippen molar-refractivity contribution < 1.29 is 36.3 Å². The van der Waals surface area contributed by atoms with Crippen LogP contribution in [0, 0.1) is 6.92 Å². The number of aromatic nitrogens is 2. The Labute approximate surface area is 188 Å². The summed E-state index contributed by atoms with van der Waals surface area (Å²) >= 11 is 0. The van der Waals surface area contributed by atoms with Gasteiger partial charge in [0.1, 0.15) is 16.2 Å². The van der Waals surface area contributed by atoms with Crippen molar-refractivity contribution in [1.82, 2.24) is 9.78 Å². The molecule has 0 aliphatic carbocycles. The number of benzene rings is 1. The molecule has 180 valence electrons. The first-order chi connectivity index (χ1) is 15.2. The Balaban J connectivity index is 2.05. The summed E-state index contributed by atoms with van der Waals surface area (Å²) in [6.45, 7) is 2.72. The molecule has 3 rings (SSSR count). The Kier molecular flexibility index (Phi) is 6.24. The van der Waals surface area contributed by atoms with Gasteiger partial charge in [0.2, 0.25) is 0 Å². The molecule has 33 heavy (non-hydrogen) atoms. The first-order valence-electron chi connectivity index (χ1n) is 9.65. The minimum absolute atomic E-state index is 0.0118. The van der Waals surface area contributed by atoms with E-state index < -0.39 is 51.7 Å². The van der Waals surface area contributed by atoms with Crippen LogP contribution in [0.4, 0.5) is 25.0 Å². The monoisotopic (exact) mass is 487 g/mol. The summed E-state index contributed by atoms with van der Waals surface area (Å²) < 4.78 is 64.6. The van der Waals surface area contributed by atoms with Gasteiger partial charge in [-0.2, -0.15) is 13.9 Å². The predicted molar refractivity (Wildman–Crippen MR) is 113 cm³/mol. The Hall–Kier alpha value is -3.42. The molecule has 2 heterocycles. The van der Waals surface area contributed by atoms with Crippen molar-refractivity contribution in [3.05, 3.63) is 30.1 Å². The van der Waals surface area contributed by atoms with Gasteiger partial charge in [0.25, 0.3) is 15.9 Å². The highest BCUT2D eigenvalue weighted by molar-refractivity contribution is 7.92. The van der Waals surface area contributed by atoms with Crippen molar-refractivity contribution in [3.63, 3.8) is 0 Å². The van der Waals surface area contributed by atoms with E-state index in [0.717, 1.165) is 4.31 Å². The van der Waals surface area contributed by atoms with Gasteiger partial charge in [0.15, 0.2) is 6.10 Å². The lowest BCUT2D eigenvalue weighted by Gasteiger charge is -2.34. The molecule has 3 N–H and O–H groups in total. The predicted octanol–water partition coefficient (Wildman–Crippen LogP) is 2.38. The molecule has 1 aliphatic rings. The number of fused-ring (bicyclic) bond motifs is 1. The lowest BCUT2D eigenvalue weighted by Crippen LogP contribution is -2.49. The third-order valence-electron chi connectivity index (χ3n) is 4.43. The summed E-state index contributed by atoms with van der Waals surface area (Å²) in [5.74, 6) is -0.931. The highest BCUT2D eigenvalue weighted by Gasteiger charge is 2.39. The van der Waals surface area contributed by atoms with Crippen molar-refractivity contribution in [2.24, 2.45) is 5.73 Å². The number of sulfonamides is 1. The van der Waals surface area contributed by atoms with Crippen LogP contribution in [0.1, 0.15) is 33.0 Å². The summed E-state index contributed by atoms with van der Waals surface area (Å²) in [5.41, 5.74) is 4.52. The van der Waals surface area contributed by atoms with Gasteiger partial charge in [-0.1, -0.05) is 0 Å².